The number of anilines is 1. The number of aromatic hydroxyl groups is 1. The number of fused-ring (bicyclic) bond motifs is 1. The zero-order valence-electron chi connectivity index (χ0n) is 24.3. The van der Waals surface area contributed by atoms with Gasteiger partial charge in [-0.25, -0.2) is 9.97 Å². The number of carbonyl (C=O) groups excluding carboxylic acids is 2. The highest BCUT2D eigenvalue weighted by Crippen LogP contribution is 2.36. The minimum absolute atomic E-state index is 0.00219. The number of benzene rings is 3. The Morgan fingerprint density at radius 2 is 1.74 bits per heavy atom. The Morgan fingerprint density at radius 1 is 1.00 bits per heavy atom. The van der Waals surface area contributed by atoms with Crippen molar-refractivity contribution in [1.29, 1.82) is 0 Å². The van der Waals surface area contributed by atoms with E-state index in [0.717, 1.165) is 22.5 Å². The SMILES string of the molecule is COc1cc(C(C(=O)Nc2ccc3c(c2)OCO3)N(Cc2ccccc2C)C(=O)CSc2nc(C)cc(C)n2)ccc1O. The molecule has 0 saturated carbocycles. The number of aromatic nitrogens is 2. The molecule has 3 aromatic carbocycles. The number of phenolic OH excluding ortho intramolecular Hbond substituents is 1. The van der Waals surface area contributed by atoms with Crippen molar-refractivity contribution in [1.82, 2.24) is 14.9 Å². The lowest BCUT2D eigenvalue weighted by Crippen LogP contribution is -2.42. The number of hydrogen-bond acceptors (Lipinski definition) is 9. The van der Waals surface area contributed by atoms with E-state index < -0.39 is 11.9 Å². The van der Waals surface area contributed by atoms with E-state index in [9.17, 15) is 14.7 Å². The summed E-state index contributed by atoms with van der Waals surface area (Å²) < 4.78 is 16.2. The molecule has 43 heavy (non-hydrogen) atoms. The molecule has 0 aliphatic carbocycles. The van der Waals surface area contributed by atoms with Crippen LogP contribution in [0.3, 0.4) is 0 Å². The first kappa shape index (κ1) is 29.7. The van der Waals surface area contributed by atoms with Crippen LogP contribution in [-0.4, -0.2) is 51.4 Å². The van der Waals surface area contributed by atoms with Crippen molar-refractivity contribution < 1.29 is 28.9 Å². The molecule has 1 aliphatic heterocycles. The first-order chi connectivity index (χ1) is 20.7. The van der Waals surface area contributed by atoms with Crippen molar-refractivity contribution in [3.8, 4) is 23.0 Å². The molecule has 1 unspecified atom stereocenters. The van der Waals surface area contributed by atoms with Gasteiger partial charge >= 0.3 is 0 Å². The predicted molar refractivity (Wildman–Crippen MR) is 163 cm³/mol. The van der Waals surface area contributed by atoms with Crippen molar-refractivity contribution >= 4 is 29.3 Å². The average molecular weight is 601 g/mol. The summed E-state index contributed by atoms with van der Waals surface area (Å²) in [6.45, 7) is 5.96. The van der Waals surface area contributed by atoms with Crippen LogP contribution in [0.15, 0.2) is 71.9 Å². The molecule has 11 heteroatoms. The Balaban J connectivity index is 1.53. The smallest absolute Gasteiger partial charge is 0.251 e. The highest BCUT2D eigenvalue weighted by atomic mass is 32.2. The maximum absolute atomic E-state index is 14.2. The van der Waals surface area contributed by atoms with Gasteiger partial charge in [-0.05, 0) is 67.8 Å². The Bertz CT molecular complexity index is 1640. The van der Waals surface area contributed by atoms with Crippen LogP contribution in [0.25, 0.3) is 0 Å². The number of nitrogens with one attached hydrogen (secondary N) is 1. The molecular formula is C32H32N4O6S. The lowest BCUT2D eigenvalue weighted by atomic mass is 10.0. The molecule has 0 saturated heterocycles. The van der Waals surface area contributed by atoms with E-state index in [-0.39, 0.29) is 36.5 Å². The van der Waals surface area contributed by atoms with Gasteiger partial charge in [0.25, 0.3) is 5.91 Å². The zero-order chi connectivity index (χ0) is 30.5. The summed E-state index contributed by atoms with van der Waals surface area (Å²) >= 11 is 1.21. The first-order valence-corrected chi connectivity index (χ1v) is 14.6. The Morgan fingerprint density at radius 3 is 2.49 bits per heavy atom. The summed E-state index contributed by atoms with van der Waals surface area (Å²) in [7, 11) is 1.43. The molecule has 0 spiro atoms. The molecule has 2 N–H and O–H groups in total. The number of aryl methyl sites for hydroxylation is 3. The number of amides is 2. The fourth-order valence-corrected chi connectivity index (χ4v) is 5.62. The fourth-order valence-electron chi connectivity index (χ4n) is 4.78. The minimum atomic E-state index is -1.09. The van der Waals surface area contributed by atoms with Gasteiger partial charge in [-0.3, -0.25) is 9.59 Å². The van der Waals surface area contributed by atoms with Gasteiger partial charge in [0, 0.05) is 29.7 Å². The number of methoxy groups -OCH3 is 1. The van der Waals surface area contributed by atoms with Crippen LogP contribution in [0.1, 0.15) is 34.1 Å². The van der Waals surface area contributed by atoms with E-state index in [1.54, 1.807) is 30.3 Å². The highest BCUT2D eigenvalue weighted by molar-refractivity contribution is 7.99. The van der Waals surface area contributed by atoms with Crippen LogP contribution in [0.2, 0.25) is 0 Å². The number of phenols is 1. The Hall–Kier alpha value is -4.77. The van der Waals surface area contributed by atoms with Crippen LogP contribution >= 0.6 is 11.8 Å². The van der Waals surface area contributed by atoms with E-state index >= 15 is 0 Å². The number of rotatable bonds is 10. The maximum atomic E-state index is 14.2. The predicted octanol–water partition coefficient (Wildman–Crippen LogP) is 5.35. The standard InChI is InChI=1S/C32H32N4O6S/c1-19-7-5-6-8-23(19)16-36(29(38)17-43-32-33-20(2)13-21(3)34-32)30(22-9-11-25(37)27(14-22)40-4)31(39)35-24-10-12-26-28(15-24)42-18-41-26/h5-15,30,37H,16-18H2,1-4H3,(H,35,39). The highest BCUT2D eigenvalue weighted by Gasteiger charge is 2.33. The normalized spacial score (nSPS) is 12.5. The summed E-state index contributed by atoms with van der Waals surface area (Å²) in [5, 5.41) is 13.7. The van der Waals surface area contributed by atoms with Crippen LogP contribution in [0.5, 0.6) is 23.0 Å². The number of nitrogens with zero attached hydrogens (tertiary/aromatic N) is 3. The molecule has 1 atom stereocenters. The number of carbonyl (C=O) groups is 2. The summed E-state index contributed by atoms with van der Waals surface area (Å²) in [6, 6.07) is 18.2. The van der Waals surface area contributed by atoms with Crippen LogP contribution in [-0.2, 0) is 16.1 Å². The molecule has 10 nitrogen and oxygen atoms in total. The quantitative estimate of drug-likeness (QED) is 0.183. The van der Waals surface area contributed by atoms with E-state index in [1.165, 1.54) is 29.8 Å². The second-order valence-electron chi connectivity index (χ2n) is 10.1. The van der Waals surface area contributed by atoms with E-state index in [4.69, 9.17) is 14.2 Å². The van der Waals surface area contributed by atoms with Gasteiger partial charge in [-0.15, -0.1) is 0 Å². The Kier molecular flexibility index (Phi) is 9.01. The number of thioether (sulfide) groups is 1. The van der Waals surface area contributed by atoms with Gasteiger partial charge in [-0.2, -0.15) is 0 Å². The molecule has 5 rings (SSSR count). The third-order valence-electron chi connectivity index (χ3n) is 6.93. The van der Waals surface area contributed by atoms with E-state index in [2.05, 4.69) is 15.3 Å². The lowest BCUT2D eigenvalue weighted by molar-refractivity contribution is -0.137. The Labute approximate surface area is 254 Å². The third kappa shape index (κ3) is 7.00. The van der Waals surface area contributed by atoms with Gasteiger partial charge in [0.15, 0.2) is 28.2 Å². The molecular weight excluding hydrogens is 568 g/mol. The van der Waals surface area contributed by atoms with Crippen molar-refractivity contribution in [3.05, 3.63) is 94.8 Å². The van der Waals surface area contributed by atoms with Gasteiger partial charge in [0.2, 0.25) is 12.7 Å². The van der Waals surface area contributed by atoms with Crippen molar-refractivity contribution in [3.63, 3.8) is 0 Å². The van der Waals surface area contributed by atoms with Gasteiger partial charge in [0.1, 0.15) is 6.04 Å². The number of ether oxygens (including phenoxy) is 3. The second kappa shape index (κ2) is 13.0. The first-order valence-electron chi connectivity index (χ1n) is 13.6. The van der Waals surface area contributed by atoms with Crippen molar-refractivity contribution in [2.45, 2.75) is 38.5 Å². The molecule has 4 aromatic rings. The second-order valence-corrected chi connectivity index (χ2v) is 11.0. The molecule has 222 valence electrons. The van der Waals surface area contributed by atoms with Gasteiger partial charge in [0.05, 0.1) is 12.9 Å². The lowest BCUT2D eigenvalue weighted by Gasteiger charge is -2.32. The molecule has 0 bridgehead atoms. The van der Waals surface area contributed by atoms with Crippen molar-refractivity contribution in [2.75, 3.05) is 25.0 Å². The largest absolute Gasteiger partial charge is 0.504 e. The van der Waals surface area contributed by atoms with Gasteiger partial charge in [-0.1, -0.05) is 42.1 Å². The number of hydrogen-bond donors (Lipinski definition) is 2. The molecule has 1 aliphatic rings. The minimum Gasteiger partial charge on any atom is -0.504 e. The molecule has 2 heterocycles. The average Bonchev–Trinajstić information content (AvgIpc) is 3.45. The topological polar surface area (TPSA) is 123 Å². The summed E-state index contributed by atoms with van der Waals surface area (Å²) in [6.07, 6.45) is 0. The third-order valence-corrected chi connectivity index (χ3v) is 7.76. The van der Waals surface area contributed by atoms with E-state index in [0.29, 0.717) is 27.9 Å². The van der Waals surface area contributed by atoms with Crippen LogP contribution < -0.4 is 19.5 Å². The van der Waals surface area contributed by atoms with E-state index in [1.807, 2.05) is 51.1 Å². The molecule has 1 aromatic heterocycles. The van der Waals surface area contributed by atoms with Crippen LogP contribution in [0, 0.1) is 20.8 Å². The fraction of sp³-hybridized carbons (Fsp3) is 0.250. The summed E-state index contributed by atoms with van der Waals surface area (Å²) in [5.41, 5.74) is 4.40. The molecule has 2 amide bonds. The van der Waals surface area contributed by atoms with Gasteiger partial charge < -0.3 is 29.5 Å². The zero-order valence-corrected chi connectivity index (χ0v) is 25.1. The monoisotopic (exact) mass is 600 g/mol. The maximum Gasteiger partial charge on any atom is 0.251 e. The van der Waals surface area contributed by atoms with Crippen LogP contribution in [0.4, 0.5) is 5.69 Å². The summed E-state index contributed by atoms with van der Waals surface area (Å²) in [4.78, 5) is 38.7. The molecule has 0 fully saturated rings. The molecule has 0 radical (unpaired) electrons. The van der Waals surface area contributed by atoms with Crippen molar-refractivity contribution in [2.24, 2.45) is 0 Å². The summed E-state index contributed by atoms with van der Waals surface area (Å²) in [5.74, 6) is 0.436.